The molecule has 1 atom stereocenters. The maximum absolute atomic E-state index is 5.57. The summed E-state index contributed by atoms with van der Waals surface area (Å²) in [6, 6.07) is 16.3. The minimum atomic E-state index is 0.156. The number of methoxy groups -OCH3 is 1. The lowest BCUT2D eigenvalue weighted by atomic mass is 10.0. The van der Waals surface area contributed by atoms with Crippen LogP contribution in [0.5, 0.6) is 5.75 Å². The Morgan fingerprint density at radius 3 is 2.66 bits per heavy atom. The van der Waals surface area contributed by atoms with E-state index in [2.05, 4.69) is 39.2 Å². The summed E-state index contributed by atoms with van der Waals surface area (Å²) in [5.41, 5.74) is 4.11. The van der Waals surface area contributed by atoms with Crippen LogP contribution in [0.1, 0.15) is 41.3 Å². The summed E-state index contributed by atoms with van der Waals surface area (Å²) < 4.78 is 7.52. The van der Waals surface area contributed by atoms with Crippen molar-refractivity contribution in [2.24, 2.45) is 0 Å². The minimum Gasteiger partial charge on any atom is -0.495 e. The zero-order valence-corrected chi connectivity index (χ0v) is 16.7. The summed E-state index contributed by atoms with van der Waals surface area (Å²) in [5, 5.41) is 7.37. The third kappa shape index (κ3) is 4.11. The first-order valence-electron chi connectivity index (χ1n) is 9.48. The van der Waals surface area contributed by atoms with Gasteiger partial charge in [-0.1, -0.05) is 49.4 Å². The molecule has 0 aliphatic carbocycles. The molecule has 6 nitrogen and oxygen atoms in total. The zero-order chi connectivity index (χ0) is 20.2. The Balaban J connectivity index is 1.53. The van der Waals surface area contributed by atoms with Crippen molar-refractivity contribution in [3.63, 3.8) is 0 Å². The Hall–Kier alpha value is -3.67. The standard InChI is InChI=1S/C23H23N5O/c1-16-14-28(15-24-16)20-11-9-18(13-21(20)29-3)10-12-22-25-23(27-26-22)17(2)19-7-5-4-6-8-19/h4-15,17H,1-3H3,(H,25,26,27). The van der Waals surface area contributed by atoms with Crippen LogP contribution >= 0.6 is 0 Å². The number of rotatable bonds is 6. The fraction of sp³-hybridized carbons (Fsp3) is 0.174. The molecule has 0 bridgehead atoms. The molecule has 4 rings (SSSR count). The first-order valence-corrected chi connectivity index (χ1v) is 9.48. The third-order valence-electron chi connectivity index (χ3n) is 4.85. The van der Waals surface area contributed by atoms with Gasteiger partial charge >= 0.3 is 0 Å². The van der Waals surface area contributed by atoms with Crippen molar-refractivity contribution in [2.45, 2.75) is 19.8 Å². The van der Waals surface area contributed by atoms with E-state index in [1.54, 1.807) is 13.4 Å². The largest absolute Gasteiger partial charge is 0.495 e. The summed E-state index contributed by atoms with van der Waals surface area (Å²) in [6.07, 6.45) is 7.63. The normalized spacial score (nSPS) is 12.4. The second kappa shape index (κ2) is 8.14. The van der Waals surface area contributed by atoms with Crippen LogP contribution < -0.4 is 4.74 Å². The molecule has 2 heterocycles. The maximum atomic E-state index is 5.57. The molecule has 4 aromatic rings. The monoisotopic (exact) mass is 385 g/mol. The van der Waals surface area contributed by atoms with Gasteiger partial charge in [0.1, 0.15) is 11.6 Å². The van der Waals surface area contributed by atoms with E-state index in [9.17, 15) is 0 Å². The van der Waals surface area contributed by atoms with Gasteiger partial charge in [-0.15, -0.1) is 0 Å². The number of imidazole rings is 1. The summed E-state index contributed by atoms with van der Waals surface area (Å²) in [6.45, 7) is 4.08. The predicted molar refractivity (Wildman–Crippen MR) is 114 cm³/mol. The number of aryl methyl sites for hydroxylation is 1. The number of nitrogens with zero attached hydrogens (tertiary/aromatic N) is 4. The van der Waals surface area contributed by atoms with Gasteiger partial charge in [-0.25, -0.2) is 9.97 Å². The lowest BCUT2D eigenvalue weighted by molar-refractivity contribution is 0.413. The van der Waals surface area contributed by atoms with Gasteiger partial charge in [-0.05, 0) is 36.3 Å². The number of hydrogen-bond donors (Lipinski definition) is 1. The Kier molecular flexibility index (Phi) is 5.24. The highest BCUT2D eigenvalue weighted by molar-refractivity contribution is 5.69. The van der Waals surface area contributed by atoms with Crippen LogP contribution in [0.4, 0.5) is 0 Å². The van der Waals surface area contributed by atoms with Crippen molar-refractivity contribution >= 4 is 12.2 Å². The number of aromatic amines is 1. The van der Waals surface area contributed by atoms with Gasteiger partial charge in [0.2, 0.25) is 0 Å². The van der Waals surface area contributed by atoms with Crippen molar-refractivity contribution in [1.82, 2.24) is 24.7 Å². The lowest BCUT2D eigenvalue weighted by Gasteiger charge is -2.09. The van der Waals surface area contributed by atoms with Gasteiger partial charge in [0.15, 0.2) is 5.82 Å². The van der Waals surface area contributed by atoms with Crippen molar-refractivity contribution in [3.05, 3.63) is 89.5 Å². The fourth-order valence-electron chi connectivity index (χ4n) is 3.19. The lowest BCUT2D eigenvalue weighted by Crippen LogP contribution is -1.98. The van der Waals surface area contributed by atoms with Crippen LogP contribution in [0.2, 0.25) is 0 Å². The molecule has 0 spiro atoms. The molecule has 0 aliphatic rings. The van der Waals surface area contributed by atoms with Crippen LogP contribution in [0.25, 0.3) is 17.8 Å². The molecule has 29 heavy (non-hydrogen) atoms. The van der Waals surface area contributed by atoms with Crippen LogP contribution in [0.15, 0.2) is 61.1 Å². The SMILES string of the molecule is COc1cc(C=Cc2n[nH]c(C(C)c3ccccc3)n2)ccc1-n1cnc(C)c1. The van der Waals surface area contributed by atoms with Gasteiger partial charge in [-0.3, -0.25) is 5.10 Å². The predicted octanol–water partition coefficient (Wildman–Crippen LogP) is 4.63. The van der Waals surface area contributed by atoms with E-state index in [4.69, 9.17) is 4.74 Å². The highest BCUT2D eigenvalue weighted by atomic mass is 16.5. The van der Waals surface area contributed by atoms with E-state index < -0.39 is 0 Å². The van der Waals surface area contributed by atoms with E-state index >= 15 is 0 Å². The molecule has 1 N–H and O–H groups in total. The van der Waals surface area contributed by atoms with E-state index in [1.807, 2.05) is 66.2 Å². The van der Waals surface area contributed by atoms with Gasteiger partial charge in [-0.2, -0.15) is 5.10 Å². The average molecular weight is 385 g/mol. The molecule has 0 amide bonds. The van der Waals surface area contributed by atoms with Crippen molar-refractivity contribution in [2.75, 3.05) is 7.11 Å². The molecule has 0 aliphatic heterocycles. The van der Waals surface area contributed by atoms with E-state index in [0.29, 0.717) is 5.82 Å². The maximum Gasteiger partial charge on any atom is 0.173 e. The summed E-state index contributed by atoms with van der Waals surface area (Å²) in [7, 11) is 1.67. The third-order valence-corrected chi connectivity index (χ3v) is 4.85. The number of H-pyrrole nitrogens is 1. The van der Waals surface area contributed by atoms with E-state index in [0.717, 1.165) is 28.5 Å². The molecule has 0 saturated carbocycles. The van der Waals surface area contributed by atoms with Gasteiger partial charge in [0.05, 0.1) is 24.8 Å². The molecule has 0 saturated heterocycles. The zero-order valence-electron chi connectivity index (χ0n) is 16.7. The Morgan fingerprint density at radius 2 is 1.93 bits per heavy atom. The molecular formula is C23H23N5O. The molecule has 1 unspecified atom stereocenters. The fourth-order valence-corrected chi connectivity index (χ4v) is 3.19. The van der Waals surface area contributed by atoms with Crippen LogP contribution in [0, 0.1) is 6.92 Å². The average Bonchev–Trinajstić information content (AvgIpc) is 3.41. The van der Waals surface area contributed by atoms with Crippen molar-refractivity contribution in [3.8, 4) is 11.4 Å². The smallest absolute Gasteiger partial charge is 0.173 e. The second-order valence-corrected chi connectivity index (χ2v) is 6.90. The molecule has 6 heteroatoms. The van der Waals surface area contributed by atoms with Crippen molar-refractivity contribution < 1.29 is 4.74 Å². The summed E-state index contributed by atoms with van der Waals surface area (Å²) in [4.78, 5) is 8.89. The Bertz CT molecular complexity index is 1130. The Labute approximate surface area is 169 Å². The number of hydrogen-bond acceptors (Lipinski definition) is 4. The summed E-state index contributed by atoms with van der Waals surface area (Å²) in [5.74, 6) is 2.43. The summed E-state index contributed by atoms with van der Waals surface area (Å²) >= 11 is 0. The van der Waals surface area contributed by atoms with Crippen LogP contribution in [0.3, 0.4) is 0 Å². The Morgan fingerprint density at radius 1 is 1.10 bits per heavy atom. The van der Waals surface area contributed by atoms with Crippen LogP contribution in [-0.2, 0) is 0 Å². The first kappa shape index (κ1) is 18.7. The van der Waals surface area contributed by atoms with Crippen LogP contribution in [-0.4, -0.2) is 31.8 Å². The highest BCUT2D eigenvalue weighted by Crippen LogP contribution is 2.25. The van der Waals surface area contributed by atoms with Gasteiger partial charge < -0.3 is 9.30 Å². The first-order chi connectivity index (χ1) is 14.1. The highest BCUT2D eigenvalue weighted by Gasteiger charge is 2.12. The number of benzene rings is 2. The van der Waals surface area contributed by atoms with Gasteiger partial charge in [0.25, 0.3) is 0 Å². The van der Waals surface area contributed by atoms with E-state index in [1.165, 1.54) is 5.56 Å². The van der Waals surface area contributed by atoms with E-state index in [-0.39, 0.29) is 5.92 Å². The quantitative estimate of drug-likeness (QED) is 0.525. The minimum absolute atomic E-state index is 0.156. The molecule has 2 aromatic heterocycles. The molecule has 0 fully saturated rings. The number of nitrogens with one attached hydrogen (secondary N) is 1. The topological polar surface area (TPSA) is 68.6 Å². The second-order valence-electron chi connectivity index (χ2n) is 6.90. The number of ether oxygens (including phenoxy) is 1. The van der Waals surface area contributed by atoms with Crippen molar-refractivity contribution in [1.29, 1.82) is 0 Å². The molecule has 0 radical (unpaired) electrons. The molecule has 146 valence electrons. The van der Waals surface area contributed by atoms with Gasteiger partial charge in [0, 0.05) is 12.1 Å². The molecular weight excluding hydrogens is 362 g/mol. The number of aromatic nitrogens is 5. The molecule has 2 aromatic carbocycles.